The SMILES string of the molecule is COc1ccc(S(=O)(=O)N(C)C)cc1NC(=O)CN1CCCc2cc(C)ccc21. The minimum atomic E-state index is -3.62. The van der Waals surface area contributed by atoms with Crippen LogP contribution >= 0.6 is 0 Å². The zero-order valence-electron chi connectivity index (χ0n) is 17.2. The lowest BCUT2D eigenvalue weighted by Gasteiger charge is -2.31. The van der Waals surface area contributed by atoms with Gasteiger partial charge in [0.2, 0.25) is 15.9 Å². The maximum absolute atomic E-state index is 12.8. The largest absolute Gasteiger partial charge is 0.495 e. The van der Waals surface area contributed by atoms with Crippen LogP contribution in [-0.4, -0.2) is 52.9 Å². The number of ether oxygens (including phenoxy) is 1. The molecule has 0 unspecified atom stereocenters. The number of nitrogens with one attached hydrogen (secondary N) is 1. The van der Waals surface area contributed by atoms with Gasteiger partial charge < -0.3 is 15.0 Å². The van der Waals surface area contributed by atoms with Gasteiger partial charge >= 0.3 is 0 Å². The Labute approximate surface area is 172 Å². The highest BCUT2D eigenvalue weighted by atomic mass is 32.2. The number of hydrogen-bond donors (Lipinski definition) is 1. The summed E-state index contributed by atoms with van der Waals surface area (Å²) in [7, 11) is 0.796. The van der Waals surface area contributed by atoms with E-state index >= 15 is 0 Å². The van der Waals surface area contributed by atoms with E-state index in [1.165, 1.54) is 44.5 Å². The van der Waals surface area contributed by atoms with Gasteiger partial charge in [0.05, 0.1) is 24.2 Å². The van der Waals surface area contributed by atoms with Crippen molar-refractivity contribution in [3.05, 3.63) is 47.5 Å². The maximum Gasteiger partial charge on any atom is 0.243 e. The van der Waals surface area contributed by atoms with Crippen LogP contribution in [0.2, 0.25) is 0 Å². The van der Waals surface area contributed by atoms with Crippen molar-refractivity contribution in [1.29, 1.82) is 0 Å². The quantitative estimate of drug-likeness (QED) is 0.782. The molecule has 2 aromatic carbocycles. The van der Waals surface area contributed by atoms with Crippen molar-refractivity contribution in [2.75, 3.05) is 44.5 Å². The molecule has 0 atom stereocenters. The van der Waals surface area contributed by atoms with Crippen molar-refractivity contribution in [3.63, 3.8) is 0 Å². The molecule has 0 bridgehead atoms. The van der Waals surface area contributed by atoms with Gasteiger partial charge in [0, 0.05) is 26.3 Å². The second-order valence-electron chi connectivity index (χ2n) is 7.35. The number of hydrogen-bond acceptors (Lipinski definition) is 5. The summed E-state index contributed by atoms with van der Waals surface area (Å²) in [5.41, 5.74) is 3.87. The Kier molecular flexibility index (Phi) is 6.14. The second kappa shape index (κ2) is 8.42. The van der Waals surface area contributed by atoms with E-state index in [0.29, 0.717) is 11.4 Å². The molecule has 0 saturated carbocycles. The maximum atomic E-state index is 12.8. The van der Waals surface area contributed by atoms with Crippen LogP contribution in [-0.2, 0) is 21.2 Å². The van der Waals surface area contributed by atoms with Crippen molar-refractivity contribution >= 4 is 27.3 Å². The average molecular weight is 418 g/mol. The van der Waals surface area contributed by atoms with Crippen LogP contribution in [0.4, 0.5) is 11.4 Å². The molecule has 7 nitrogen and oxygen atoms in total. The molecule has 0 fully saturated rings. The lowest BCUT2D eigenvalue weighted by molar-refractivity contribution is -0.115. The van der Waals surface area contributed by atoms with Crippen LogP contribution in [0.25, 0.3) is 0 Å². The van der Waals surface area contributed by atoms with Crippen LogP contribution in [0.15, 0.2) is 41.3 Å². The first-order chi connectivity index (χ1) is 13.7. The van der Waals surface area contributed by atoms with Gasteiger partial charge in [-0.05, 0) is 49.6 Å². The fourth-order valence-electron chi connectivity index (χ4n) is 3.49. The second-order valence-corrected chi connectivity index (χ2v) is 9.51. The van der Waals surface area contributed by atoms with E-state index in [1.54, 1.807) is 6.07 Å². The molecule has 1 aliphatic heterocycles. The fraction of sp³-hybridized carbons (Fsp3) is 0.381. The van der Waals surface area contributed by atoms with Gasteiger partial charge in [-0.25, -0.2) is 12.7 Å². The fourth-order valence-corrected chi connectivity index (χ4v) is 4.42. The van der Waals surface area contributed by atoms with E-state index in [4.69, 9.17) is 4.74 Å². The minimum absolute atomic E-state index is 0.0948. The molecule has 0 radical (unpaired) electrons. The monoisotopic (exact) mass is 417 g/mol. The van der Waals surface area contributed by atoms with Crippen LogP contribution in [0.3, 0.4) is 0 Å². The third kappa shape index (κ3) is 4.54. The van der Waals surface area contributed by atoms with Crippen molar-refractivity contribution in [3.8, 4) is 5.75 Å². The topological polar surface area (TPSA) is 79.0 Å². The Balaban J connectivity index is 1.81. The van der Waals surface area contributed by atoms with E-state index in [1.807, 2.05) is 6.07 Å². The molecule has 1 N–H and O–H groups in total. The number of benzene rings is 2. The molecule has 0 spiro atoms. The lowest BCUT2D eigenvalue weighted by atomic mass is 9.99. The summed E-state index contributed by atoms with van der Waals surface area (Å²) in [5, 5.41) is 2.81. The number of carbonyl (C=O) groups excluding carboxylic acids is 1. The van der Waals surface area contributed by atoms with E-state index in [9.17, 15) is 13.2 Å². The minimum Gasteiger partial charge on any atom is -0.495 e. The van der Waals surface area contributed by atoms with Gasteiger partial charge in [-0.3, -0.25) is 4.79 Å². The third-order valence-electron chi connectivity index (χ3n) is 5.01. The molecule has 0 saturated heterocycles. The summed E-state index contributed by atoms with van der Waals surface area (Å²) in [5.74, 6) is 0.182. The molecular formula is C21H27N3O4S. The molecule has 156 valence electrons. The number of rotatable bonds is 6. The van der Waals surface area contributed by atoms with Crippen LogP contribution in [0.5, 0.6) is 5.75 Å². The Hall–Kier alpha value is -2.58. The van der Waals surface area contributed by atoms with E-state index in [-0.39, 0.29) is 17.3 Å². The first-order valence-corrected chi connectivity index (χ1v) is 10.9. The molecule has 0 aromatic heterocycles. The van der Waals surface area contributed by atoms with Gasteiger partial charge in [-0.2, -0.15) is 0 Å². The highest BCUT2D eigenvalue weighted by Crippen LogP contribution is 2.30. The Morgan fingerprint density at radius 2 is 1.97 bits per heavy atom. The molecule has 1 heterocycles. The van der Waals surface area contributed by atoms with Gasteiger partial charge in [0.25, 0.3) is 0 Å². The molecule has 2 aromatic rings. The summed E-state index contributed by atoms with van der Waals surface area (Å²) < 4.78 is 31.3. The molecule has 3 rings (SSSR count). The van der Waals surface area contributed by atoms with Crippen molar-refractivity contribution < 1.29 is 17.9 Å². The normalized spacial score (nSPS) is 13.9. The molecule has 0 aliphatic carbocycles. The summed E-state index contributed by atoms with van der Waals surface area (Å²) >= 11 is 0. The number of anilines is 2. The predicted molar refractivity (Wildman–Crippen MR) is 114 cm³/mol. The smallest absolute Gasteiger partial charge is 0.243 e. The van der Waals surface area contributed by atoms with Gasteiger partial charge in [0.15, 0.2) is 0 Å². The number of fused-ring (bicyclic) bond motifs is 1. The van der Waals surface area contributed by atoms with Crippen LogP contribution in [0, 0.1) is 6.92 Å². The van der Waals surface area contributed by atoms with E-state index in [0.717, 1.165) is 29.4 Å². The number of methoxy groups -OCH3 is 1. The number of aryl methyl sites for hydroxylation is 2. The number of sulfonamides is 1. The number of nitrogens with zero attached hydrogens (tertiary/aromatic N) is 2. The Bertz CT molecular complexity index is 1020. The Morgan fingerprint density at radius 1 is 1.21 bits per heavy atom. The highest BCUT2D eigenvalue weighted by molar-refractivity contribution is 7.89. The lowest BCUT2D eigenvalue weighted by Crippen LogP contribution is -2.36. The zero-order chi connectivity index (χ0) is 21.2. The van der Waals surface area contributed by atoms with Crippen molar-refractivity contribution in [2.45, 2.75) is 24.7 Å². The first kappa shape index (κ1) is 21.1. The number of carbonyl (C=O) groups is 1. The Morgan fingerprint density at radius 3 is 2.66 bits per heavy atom. The molecule has 1 aliphatic rings. The molecule has 8 heteroatoms. The molecule has 1 amide bonds. The molecule has 29 heavy (non-hydrogen) atoms. The van der Waals surface area contributed by atoms with E-state index in [2.05, 4.69) is 29.3 Å². The van der Waals surface area contributed by atoms with Crippen LogP contribution in [0.1, 0.15) is 17.5 Å². The highest BCUT2D eigenvalue weighted by Gasteiger charge is 2.22. The standard InChI is InChI=1S/C21H27N3O4S/c1-15-7-9-19-16(12-15)6-5-11-24(19)14-21(25)22-18-13-17(8-10-20(18)28-4)29(26,27)23(2)3/h7-10,12-13H,5-6,11,14H2,1-4H3,(H,22,25). The molecular weight excluding hydrogens is 390 g/mol. The predicted octanol–water partition coefficient (Wildman–Crippen LogP) is 2.65. The van der Waals surface area contributed by atoms with Gasteiger partial charge in [-0.1, -0.05) is 17.7 Å². The third-order valence-corrected chi connectivity index (χ3v) is 6.82. The average Bonchev–Trinajstić information content (AvgIpc) is 2.67. The zero-order valence-corrected chi connectivity index (χ0v) is 18.0. The van der Waals surface area contributed by atoms with Gasteiger partial charge in [-0.15, -0.1) is 0 Å². The summed E-state index contributed by atoms with van der Waals surface area (Å²) in [6, 6.07) is 10.7. The summed E-state index contributed by atoms with van der Waals surface area (Å²) in [4.78, 5) is 14.9. The van der Waals surface area contributed by atoms with Crippen molar-refractivity contribution in [2.24, 2.45) is 0 Å². The van der Waals surface area contributed by atoms with Gasteiger partial charge in [0.1, 0.15) is 5.75 Å². The first-order valence-electron chi connectivity index (χ1n) is 9.47. The van der Waals surface area contributed by atoms with E-state index < -0.39 is 10.0 Å². The number of amides is 1. The van der Waals surface area contributed by atoms with Crippen molar-refractivity contribution in [1.82, 2.24) is 4.31 Å². The summed E-state index contributed by atoms with van der Waals surface area (Å²) in [6.45, 7) is 3.05. The summed E-state index contributed by atoms with van der Waals surface area (Å²) in [6.07, 6.45) is 2.00. The van der Waals surface area contributed by atoms with Crippen LogP contribution < -0.4 is 15.0 Å².